The first kappa shape index (κ1) is 13.0. The minimum absolute atomic E-state index is 0.00881. The molecule has 1 saturated carbocycles. The Morgan fingerprint density at radius 3 is 2.80 bits per heavy atom. The van der Waals surface area contributed by atoms with Gasteiger partial charge in [-0.2, -0.15) is 0 Å². The van der Waals surface area contributed by atoms with Crippen LogP contribution < -0.4 is 10.6 Å². The summed E-state index contributed by atoms with van der Waals surface area (Å²) >= 11 is 0. The lowest BCUT2D eigenvalue weighted by Gasteiger charge is -2.27. The third kappa shape index (κ3) is 3.13. The predicted octanol–water partition coefficient (Wildman–Crippen LogP) is -0.942. The number of anilines is 1. The third-order valence-electron chi connectivity index (χ3n) is 3.51. The van der Waals surface area contributed by atoms with Crippen LogP contribution in [0.25, 0.3) is 0 Å². The minimum Gasteiger partial charge on any atom is -0.339 e. The topological polar surface area (TPSA) is 92.2 Å². The van der Waals surface area contributed by atoms with Gasteiger partial charge in [0.1, 0.15) is 6.54 Å². The first-order chi connectivity index (χ1) is 9.72. The van der Waals surface area contributed by atoms with Gasteiger partial charge in [0.15, 0.2) is 5.82 Å². The highest BCUT2D eigenvalue weighted by atomic mass is 16.2. The minimum atomic E-state index is -0.00881. The van der Waals surface area contributed by atoms with Crippen molar-refractivity contribution in [2.75, 3.05) is 31.5 Å². The van der Waals surface area contributed by atoms with Crippen LogP contribution in [-0.4, -0.2) is 57.9 Å². The van der Waals surface area contributed by atoms with E-state index in [4.69, 9.17) is 0 Å². The third-order valence-corrected chi connectivity index (χ3v) is 3.51. The van der Waals surface area contributed by atoms with E-state index >= 15 is 0 Å². The first-order valence-corrected chi connectivity index (χ1v) is 6.92. The van der Waals surface area contributed by atoms with E-state index in [-0.39, 0.29) is 24.3 Å². The van der Waals surface area contributed by atoms with E-state index < -0.39 is 0 Å². The highest BCUT2D eigenvalue weighted by Gasteiger charge is 2.30. The van der Waals surface area contributed by atoms with Crippen molar-refractivity contribution >= 4 is 17.6 Å². The predicted molar refractivity (Wildman–Crippen MR) is 70.8 cm³/mol. The summed E-state index contributed by atoms with van der Waals surface area (Å²) < 4.78 is 1.47. The van der Waals surface area contributed by atoms with Gasteiger partial charge in [0.05, 0.1) is 6.20 Å². The molecule has 0 aromatic carbocycles. The summed E-state index contributed by atoms with van der Waals surface area (Å²) in [5.74, 6) is 0.555. The second-order valence-corrected chi connectivity index (χ2v) is 5.20. The Kier molecular flexibility index (Phi) is 3.64. The fraction of sp³-hybridized carbons (Fsp3) is 0.667. The molecule has 0 bridgehead atoms. The maximum atomic E-state index is 12.0. The second-order valence-electron chi connectivity index (χ2n) is 5.20. The number of rotatable bonds is 4. The fourth-order valence-electron chi connectivity index (χ4n) is 2.16. The molecule has 8 heteroatoms. The molecule has 8 nitrogen and oxygen atoms in total. The molecule has 1 saturated heterocycles. The van der Waals surface area contributed by atoms with Gasteiger partial charge in [-0.1, -0.05) is 5.21 Å². The molecule has 0 atom stereocenters. The lowest BCUT2D eigenvalue weighted by atomic mass is 10.3. The Bertz CT molecular complexity index is 504. The van der Waals surface area contributed by atoms with Crippen LogP contribution in [0.3, 0.4) is 0 Å². The van der Waals surface area contributed by atoms with Crippen LogP contribution in [0.2, 0.25) is 0 Å². The number of carbonyl (C=O) groups is 2. The number of nitrogens with one attached hydrogen (secondary N) is 2. The summed E-state index contributed by atoms with van der Waals surface area (Å²) in [6, 6.07) is 0. The zero-order valence-electron chi connectivity index (χ0n) is 11.2. The molecule has 2 amide bonds. The molecule has 3 rings (SSSR count). The van der Waals surface area contributed by atoms with Crippen LogP contribution in [0.1, 0.15) is 12.8 Å². The molecular weight excluding hydrogens is 260 g/mol. The van der Waals surface area contributed by atoms with Crippen molar-refractivity contribution in [1.29, 1.82) is 0 Å². The van der Waals surface area contributed by atoms with E-state index in [9.17, 15) is 9.59 Å². The monoisotopic (exact) mass is 278 g/mol. The highest BCUT2D eigenvalue weighted by Crippen LogP contribution is 2.29. The molecule has 2 heterocycles. The Morgan fingerprint density at radius 2 is 2.10 bits per heavy atom. The summed E-state index contributed by atoms with van der Waals surface area (Å²) in [7, 11) is 0. The van der Waals surface area contributed by atoms with E-state index in [1.807, 2.05) is 0 Å². The molecule has 1 aromatic heterocycles. The van der Waals surface area contributed by atoms with Gasteiger partial charge in [-0.05, 0) is 12.8 Å². The van der Waals surface area contributed by atoms with E-state index in [0.717, 1.165) is 39.0 Å². The largest absolute Gasteiger partial charge is 0.339 e. The summed E-state index contributed by atoms with van der Waals surface area (Å²) in [4.78, 5) is 25.4. The summed E-state index contributed by atoms with van der Waals surface area (Å²) in [6.07, 6.45) is 3.49. The van der Waals surface area contributed by atoms with E-state index in [0.29, 0.717) is 5.82 Å². The van der Waals surface area contributed by atoms with Crippen molar-refractivity contribution in [2.24, 2.45) is 5.92 Å². The van der Waals surface area contributed by atoms with Crippen molar-refractivity contribution in [2.45, 2.75) is 19.4 Å². The average molecular weight is 278 g/mol. The molecule has 1 aliphatic heterocycles. The zero-order valence-corrected chi connectivity index (χ0v) is 11.2. The second kappa shape index (κ2) is 5.58. The number of hydrogen-bond acceptors (Lipinski definition) is 5. The van der Waals surface area contributed by atoms with Gasteiger partial charge < -0.3 is 15.5 Å². The van der Waals surface area contributed by atoms with Crippen LogP contribution in [0.15, 0.2) is 6.20 Å². The van der Waals surface area contributed by atoms with Gasteiger partial charge in [-0.15, -0.1) is 5.10 Å². The van der Waals surface area contributed by atoms with Crippen molar-refractivity contribution in [1.82, 2.24) is 25.2 Å². The fourth-order valence-corrected chi connectivity index (χ4v) is 2.16. The number of nitrogens with zero attached hydrogens (tertiary/aromatic N) is 4. The molecule has 0 spiro atoms. The summed E-state index contributed by atoms with van der Waals surface area (Å²) in [5.41, 5.74) is 0. The average Bonchev–Trinajstić information content (AvgIpc) is 3.23. The zero-order chi connectivity index (χ0) is 13.9. The van der Waals surface area contributed by atoms with Crippen molar-refractivity contribution in [3.8, 4) is 0 Å². The Hall–Kier alpha value is -1.96. The number of piperazine rings is 1. The number of aromatic nitrogens is 3. The highest BCUT2D eigenvalue weighted by molar-refractivity contribution is 5.93. The molecule has 2 aliphatic rings. The normalized spacial score (nSPS) is 18.9. The van der Waals surface area contributed by atoms with Crippen molar-refractivity contribution in [3.05, 3.63) is 6.20 Å². The molecule has 20 heavy (non-hydrogen) atoms. The summed E-state index contributed by atoms with van der Waals surface area (Å²) in [6.45, 7) is 3.25. The maximum Gasteiger partial charge on any atom is 0.244 e. The van der Waals surface area contributed by atoms with Crippen LogP contribution in [0, 0.1) is 5.92 Å². The molecule has 0 radical (unpaired) electrons. The number of amides is 2. The summed E-state index contributed by atoms with van der Waals surface area (Å²) in [5, 5.41) is 13.6. The smallest absolute Gasteiger partial charge is 0.244 e. The Labute approximate surface area is 116 Å². The van der Waals surface area contributed by atoms with Gasteiger partial charge in [-0.25, -0.2) is 4.68 Å². The number of carbonyl (C=O) groups excluding carboxylic acids is 2. The molecule has 2 fully saturated rings. The molecule has 2 N–H and O–H groups in total. The van der Waals surface area contributed by atoms with Crippen molar-refractivity contribution < 1.29 is 9.59 Å². The van der Waals surface area contributed by atoms with Crippen LogP contribution in [-0.2, 0) is 16.1 Å². The van der Waals surface area contributed by atoms with Crippen molar-refractivity contribution in [3.63, 3.8) is 0 Å². The quantitative estimate of drug-likeness (QED) is 0.741. The molecular formula is C12H18N6O2. The van der Waals surface area contributed by atoms with Gasteiger partial charge in [0, 0.05) is 32.1 Å². The standard InChI is InChI=1S/C12H18N6O2/c19-11(17-5-3-13-4-6-17)8-18-7-10(15-16-18)14-12(20)9-1-2-9/h7,9,13H,1-6,8H2,(H,14,20). The lowest BCUT2D eigenvalue weighted by Crippen LogP contribution is -2.47. The van der Waals surface area contributed by atoms with E-state index in [2.05, 4.69) is 20.9 Å². The maximum absolute atomic E-state index is 12.0. The van der Waals surface area contributed by atoms with Crippen LogP contribution in [0.5, 0.6) is 0 Å². The number of hydrogen-bond donors (Lipinski definition) is 2. The molecule has 1 aliphatic carbocycles. The Balaban J connectivity index is 1.53. The van der Waals surface area contributed by atoms with Crippen LogP contribution >= 0.6 is 0 Å². The SMILES string of the molecule is O=C(Nc1cn(CC(=O)N2CCNCC2)nn1)C1CC1. The molecule has 108 valence electrons. The van der Waals surface area contributed by atoms with Gasteiger partial charge >= 0.3 is 0 Å². The molecule has 0 unspecified atom stereocenters. The molecule has 1 aromatic rings. The Morgan fingerprint density at radius 1 is 1.35 bits per heavy atom. The van der Waals surface area contributed by atoms with E-state index in [1.54, 1.807) is 11.1 Å². The van der Waals surface area contributed by atoms with Crippen LogP contribution in [0.4, 0.5) is 5.82 Å². The van der Waals surface area contributed by atoms with Gasteiger partial charge in [0.25, 0.3) is 0 Å². The first-order valence-electron chi connectivity index (χ1n) is 6.92. The van der Waals surface area contributed by atoms with E-state index in [1.165, 1.54) is 4.68 Å². The lowest BCUT2D eigenvalue weighted by molar-refractivity contribution is -0.132. The van der Waals surface area contributed by atoms with Gasteiger partial charge in [0.2, 0.25) is 11.8 Å². The van der Waals surface area contributed by atoms with Gasteiger partial charge in [-0.3, -0.25) is 9.59 Å².